The van der Waals surface area contributed by atoms with Crippen LogP contribution in [-0.4, -0.2) is 15.1 Å². The average Bonchev–Trinajstić information content (AvgIpc) is 3.07. The fraction of sp³-hybridized carbons (Fsp3) is 0.267. The van der Waals surface area contributed by atoms with E-state index in [1.165, 1.54) is 16.9 Å². The molecule has 3 rings (SSSR count). The van der Waals surface area contributed by atoms with Gasteiger partial charge in [0.2, 0.25) is 5.82 Å². The van der Waals surface area contributed by atoms with Crippen LogP contribution >= 0.6 is 11.3 Å². The second kappa shape index (κ2) is 5.29. The van der Waals surface area contributed by atoms with Crippen LogP contribution in [0.2, 0.25) is 0 Å². The Kier molecular flexibility index (Phi) is 3.47. The van der Waals surface area contributed by atoms with E-state index in [1.807, 2.05) is 20.8 Å². The molecule has 0 radical (unpaired) electrons. The van der Waals surface area contributed by atoms with Crippen molar-refractivity contribution in [1.29, 1.82) is 0 Å². The van der Waals surface area contributed by atoms with Crippen molar-refractivity contribution in [2.75, 3.05) is 5.73 Å². The molecule has 0 atom stereocenters. The van der Waals surface area contributed by atoms with E-state index in [1.54, 1.807) is 0 Å². The molecule has 2 aromatic heterocycles. The molecule has 0 saturated carbocycles. The van der Waals surface area contributed by atoms with Crippen LogP contribution in [-0.2, 0) is 6.42 Å². The molecule has 0 saturated heterocycles. The quantitative estimate of drug-likeness (QED) is 0.799. The van der Waals surface area contributed by atoms with Crippen LogP contribution in [0.4, 0.5) is 5.13 Å². The molecule has 0 amide bonds. The lowest BCUT2D eigenvalue weighted by Gasteiger charge is -2.01. The van der Waals surface area contributed by atoms with Crippen LogP contribution in [0, 0.1) is 13.8 Å². The molecule has 0 aliphatic rings. The van der Waals surface area contributed by atoms with Gasteiger partial charge in [-0.3, -0.25) is 0 Å². The van der Waals surface area contributed by atoms with Crippen molar-refractivity contribution in [3.8, 4) is 22.2 Å². The summed E-state index contributed by atoms with van der Waals surface area (Å²) < 4.78 is 5.41. The fourth-order valence-electron chi connectivity index (χ4n) is 2.18. The minimum absolute atomic E-state index is 0.483. The zero-order valence-corrected chi connectivity index (χ0v) is 13.0. The van der Waals surface area contributed by atoms with Crippen LogP contribution in [0.5, 0.6) is 0 Å². The zero-order chi connectivity index (χ0) is 15.0. The molecular weight excluding hydrogens is 284 g/mol. The van der Waals surface area contributed by atoms with Gasteiger partial charge in [-0.15, -0.1) is 0 Å². The maximum absolute atomic E-state index is 5.77. The topological polar surface area (TPSA) is 77.8 Å². The molecule has 0 spiro atoms. The summed E-state index contributed by atoms with van der Waals surface area (Å²) in [6.45, 7) is 6.11. The minimum atomic E-state index is 0.483. The van der Waals surface area contributed by atoms with Crippen molar-refractivity contribution < 1.29 is 4.52 Å². The van der Waals surface area contributed by atoms with Gasteiger partial charge in [-0.2, -0.15) is 4.98 Å². The maximum Gasteiger partial charge on any atom is 0.270 e. The molecule has 21 heavy (non-hydrogen) atoms. The van der Waals surface area contributed by atoms with Gasteiger partial charge in [0, 0.05) is 5.56 Å². The normalized spacial score (nSPS) is 11.0. The monoisotopic (exact) mass is 300 g/mol. The van der Waals surface area contributed by atoms with Crippen molar-refractivity contribution in [3.05, 3.63) is 35.0 Å². The van der Waals surface area contributed by atoms with E-state index >= 15 is 0 Å². The Balaban J connectivity index is 2.05. The van der Waals surface area contributed by atoms with E-state index in [0.29, 0.717) is 16.8 Å². The molecular formula is C15H16N4OS. The number of aromatic nitrogens is 3. The summed E-state index contributed by atoms with van der Waals surface area (Å²) in [5, 5.41) is 4.62. The molecule has 5 nitrogen and oxygen atoms in total. The SMILES string of the molecule is CCc1nc(N)sc1-c1nc(-c2cc(C)ccc2C)no1. The molecule has 108 valence electrons. The third-order valence-electron chi connectivity index (χ3n) is 3.30. The number of nitrogens with zero attached hydrogens (tertiary/aromatic N) is 3. The predicted octanol–water partition coefficient (Wildman–Crippen LogP) is 3.62. The second-order valence-corrected chi connectivity index (χ2v) is 5.95. The number of hydrogen-bond donors (Lipinski definition) is 1. The van der Waals surface area contributed by atoms with E-state index in [-0.39, 0.29) is 0 Å². The summed E-state index contributed by atoms with van der Waals surface area (Å²) in [6, 6.07) is 6.19. The number of benzene rings is 1. The Morgan fingerprint density at radius 2 is 2.05 bits per heavy atom. The number of thiazole rings is 1. The highest BCUT2D eigenvalue weighted by molar-refractivity contribution is 7.18. The van der Waals surface area contributed by atoms with E-state index in [9.17, 15) is 0 Å². The van der Waals surface area contributed by atoms with Gasteiger partial charge in [0.05, 0.1) is 5.69 Å². The first-order valence-electron chi connectivity index (χ1n) is 6.75. The zero-order valence-electron chi connectivity index (χ0n) is 12.2. The molecule has 3 aromatic rings. The highest BCUT2D eigenvalue weighted by Crippen LogP contribution is 2.32. The number of nitrogens with two attached hydrogens (primary N) is 1. The predicted molar refractivity (Wildman–Crippen MR) is 84.1 cm³/mol. The molecule has 0 aliphatic carbocycles. The van der Waals surface area contributed by atoms with Gasteiger partial charge in [-0.05, 0) is 31.9 Å². The summed E-state index contributed by atoms with van der Waals surface area (Å²) in [7, 11) is 0. The van der Waals surface area contributed by atoms with Gasteiger partial charge in [0.25, 0.3) is 5.89 Å². The van der Waals surface area contributed by atoms with Crippen LogP contribution in [0.25, 0.3) is 22.2 Å². The summed E-state index contributed by atoms with van der Waals surface area (Å²) in [5.41, 5.74) is 9.94. The number of hydrogen-bond acceptors (Lipinski definition) is 6. The van der Waals surface area contributed by atoms with Crippen LogP contribution in [0.15, 0.2) is 22.7 Å². The second-order valence-electron chi connectivity index (χ2n) is 4.92. The Morgan fingerprint density at radius 1 is 1.24 bits per heavy atom. The highest BCUT2D eigenvalue weighted by atomic mass is 32.1. The van der Waals surface area contributed by atoms with Crippen molar-refractivity contribution in [1.82, 2.24) is 15.1 Å². The first-order valence-corrected chi connectivity index (χ1v) is 7.57. The van der Waals surface area contributed by atoms with Gasteiger partial charge in [-0.1, -0.05) is 41.1 Å². The highest BCUT2D eigenvalue weighted by Gasteiger charge is 2.18. The Labute approximate surface area is 126 Å². The molecule has 2 N–H and O–H groups in total. The van der Waals surface area contributed by atoms with Crippen LogP contribution in [0.1, 0.15) is 23.7 Å². The smallest absolute Gasteiger partial charge is 0.270 e. The molecule has 6 heteroatoms. The van der Waals surface area contributed by atoms with E-state index in [0.717, 1.165) is 28.1 Å². The summed E-state index contributed by atoms with van der Waals surface area (Å²) in [6.07, 6.45) is 0.782. The van der Waals surface area contributed by atoms with Gasteiger partial charge in [0.1, 0.15) is 4.88 Å². The van der Waals surface area contributed by atoms with Crippen molar-refractivity contribution in [2.24, 2.45) is 0 Å². The van der Waals surface area contributed by atoms with E-state index in [4.69, 9.17) is 10.3 Å². The first kappa shape index (κ1) is 13.8. The molecule has 0 bridgehead atoms. The lowest BCUT2D eigenvalue weighted by Crippen LogP contribution is -1.88. The number of rotatable bonds is 3. The molecule has 0 fully saturated rings. The Bertz CT molecular complexity index is 791. The van der Waals surface area contributed by atoms with Crippen molar-refractivity contribution in [2.45, 2.75) is 27.2 Å². The third kappa shape index (κ3) is 2.54. The summed E-state index contributed by atoms with van der Waals surface area (Å²) in [5.74, 6) is 1.08. The fourth-order valence-corrected chi connectivity index (χ4v) is 3.02. The largest absolute Gasteiger partial charge is 0.375 e. The molecule has 0 unspecified atom stereocenters. The van der Waals surface area contributed by atoms with Gasteiger partial charge in [0.15, 0.2) is 5.13 Å². The van der Waals surface area contributed by atoms with Crippen molar-refractivity contribution >= 4 is 16.5 Å². The lowest BCUT2D eigenvalue weighted by atomic mass is 10.1. The van der Waals surface area contributed by atoms with E-state index in [2.05, 4.69) is 33.3 Å². The van der Waals surface area contributed by atoms with Crippen LogP contribution < -0.4 is 5.73 Å². The van der Waals surface area contributed by atoms with Gasteiger partial charge in [-0.25, -0.2) is 4.98 Å². The average molecular weight is 300 g/mol. The summed E-state index contributed by atoms with van der Waals surface area (Å²) in [4.78, 5) is 9.66. The number of nitrogen functional groups attached to an aromatic ring is 1. The van der Waals surface area contributed by atoms with E-state index < -0.39 is 0 Å². The minimum Gasteiger partial charge on any atom is -0.375 e. The molecule has 1 aromatic carbocycles. The van der Waals surface area contributed by atoms with Gasteiger partial charge < -0.3 is 10.3 Å². The number of anilines is 1. The van der Waals surface area contributed by atoms with Crippen LogP contribution in [0.3, 0.4) is 0 Å². The number of aryl methyl sites for hydroxylation is 3. The van der Waals surface area contributed by atoms with Gasteiger partial charge >= 0.3 is 0 Å². The summed E-state index contributed by atoms with van der Waals surface area (Å²) >= 11 is 1.38. The Morgan fingerprint density at radius 3 is 2.81 bits per heavy atom. The lowest BCUT2D eigenvalue weighted by molar-refractivity contribution is 0.433. The molecule has 0 aliphatic heterocycles. The molecule has 2 heterocycles. The maximum atomic E-state index is 5.77. The Hall–Kier alpha value is -2.21. The first-order chi connectivity index (χ1) is 10.1. The standard InChI is InChI=1S/C15H16N4OS/c1-4-11-12(21-15(16)17-11)14-18-13(19-20-14)10-7-8(2)5-6-9(10)3/h5-7H,4H2,1-3H3,(H2,16,17). The van der Waals surface area contributed by atoms with Crippen molar-refractivity contribution in [3.63, 3.8) is 0 Å². The third-order valence-corrected chi connectivity index (χ3v) is 4.22.